The Balaban J connectivity index is 1.90. The number of amides is 2. The van der Waals surface area contributed by atoms with Crippen molar-refractivity contribution >= 4 is 29.1 Å². The monoisotopic (exact) mass is 411 g/mol. The van der Waals surface area contributed by atoms with Crippen molar-refractivity contribution in [3.63, 3.8) is 0 Å². The van der Waals surface area contributed by atoms with Gasteiger partial charge in [0.25, 0.3) is 11.8 Å². The normalized spacial score (nSPS) is 14.3. The van der Waals surface area contributed by atoms with Crippen LogP contribution in [0, 0.1) is 6.92 Å². The Morgan fingerprint density at radius 2 is 1.66 bits per heavy atom. The molecule has 0 atom stereocenters. The van der Waals surface area contributed by atoms with Gasteiger partial charge in [-0.3, -0.25) is 14.5 Å². The SMILES string of the molecule is Cc1ccc(CN2C(=O)C(SCCO)=C(c3ccc(OC(C)C)cc3)C2=O)cc1. The molecule has 0 fully saturated rings. The number of benzene rings is 2. The fourth-order valence-electron chi connectivity index (χ4n) is 3.08. The van der Waals surface area contributed by atoms with E-state index in [9.17, 15) is 14.7 Å². The van der Waals surface area contributed by atoms with Crippen molar-refractivity contribution in [1.82, 2.24) is 4.90 Å². The number of aliphatic hydroxyl groups excluding tert-OH is 1. The first-order valence-corrected chi connectivity index (χ1v) is 10.6. The number of imide groups is 1. The van der Waals surface area contributed by atoms with Gasteiger partial charge in [-0.2, -0.15) is 0 Å². The Bertz CT molecular complexity index is 917. The molecule has 3 rings (SSSR count). The number of aliphatic hydroxyl groups is 1. The largest absolute Gasteiger partial charge is 0.491 e. The topological polar surface area (TPSA) is 66.8 Å². The van der Waals surface area contributed by atoms with Gasteiger partial charge in [0.05, 0.1) is 29.7 Å². The second kappa shape index (κ2) is 9.29. The molecule has 1 N–H and O–H groups in total. The Morgan fingerprint density at radius 1 is 1.00 bits per heavy atom. The van der Waals surface area contributed by atoms with Gasteiger partial charge in [-0.05, 0) is 44.0 Å². The third kappa shape index (κ3) is 4.89. The van der Waals surface area contributed by atoms with Crippen molar-refractivity contribution < 1.29 is 19.4 Å². The highest BCUT2D eigenvalue weighted by Crippen LogP contribution is 2.37. The van der Waals surface area contributed by atoms with E-state index in [0.29, 0.717) is 27.5 Å². The molecule has 5 nitrogen and oxygen atoms in total. The fourth-order valence-corrected chi connectivity index (χ4v) is 3.96. The fraction of sp³-hybridized carbons (Fsp3) is 0.304. The Kier molecular flexibility index (Phi) is 6.77. The zero-order valence-electron chi connectivity index (χ0n) is 16.8. The number of ether oxygens (including phenoxy) is 1. The van der Waals surface area contributed by atoms with Gasteiger partial charge in [-0.25, -0.2) is 0 Å². The van der Waals surface area contributed by atoms with E-state index in [1.807, 2.05) is 45.0 Å². The summed E-state index contributed by atoms with van der Waals surface area (Å²) in [6, 6.07) is 15.0. The van der Waals surface area contributed by atoms with Gasteiger partial charge < -0.3 is 9.84 Å². The quantitative estimate of drug-likeness (QED) is 0.670. The number of nitrogens with zero attached hydrogens (tertiary/aromatic N) is 1. The van der Waals surface area contributed by atoms with E-state index in [0.717, 1.165) is 11.1 Å². The standard InChI is InChI=1S/C23H25NO4S/c1-15(2)28-19-10-8-18(9-11-19)20-21(29-13-12-25)23(27)24(22(20)26)14-17-6-4-16(3)5-7-17/h4-11,15,25H,12-14H2,1-3H3. The van der Waals surface area contributed by atoms with E-state index in [-0.39, 0.29) is 31.1 Å². The van der Waals surface area contributed by atoms with Crippen LogP contribution in [0.3, 0.4) is 0 Å². The van der Waals surface area contributed by atoms with Crippen LogP contribution in [0.5, 0.6) is 5.75 Å². The van der Waals surface area contributed by atoms with E-state index < -0.39 is 0 Å². The molecule has 0 aromatic heterocycles. The maximum Gasteiger partial charge on any atom is 0.268 e. The minimum Gasteiger partial charge on any atom is -0.491 e. The summed E-state index contributed by atoms with van der Waals surface area (Å²) >= 11 is 1.22. The molecule has 0 aliphatic carbocycles. The molecule has 1 aliphatic heterocycles. The summed E-state index contributed by atoms with van der Waals surface area (Å²) in [5.41, 5.74) is 3.07. The summed E-state index contributed by atoms with van der Waals surface area (Å²) < 4.78 is 5.66. The summed E-state index contributed by atoms with van der Waals surface area (Å²) in [6.07, 6.45) is 0.0513. The predicted octanol–water partition coefficient (Wildman–Crippen LogP) is 3.79. The molecule has 1 aliphatic rings. The molecule has 152 valence electrons. The predicted molar refractivity (Wildman–Crippen MR) is 115 cm³/mol. The summed E-state index contributed by atoms with van der Waals surface area (Å²) in [5, 5.41) is 9.21. The van der Waals surface area contributed by atoms with Crippen molar-refractivity contribution in [3.05, 3.63) is 70.1 Å². The molecule has 2 aromatic rings. The van der Waals surface area contributed by atoms with Crippen molar-refractivity contribution in [2.75, 3.05) is 12.4 Å². The van der Waals surface area contributed by atoms with Crippen molar-refractivity contribution in [2.24, 2.45) is 0 Å². The Hall–Kier alpha value is -2.57. The van der Waals surface area contributed by atoms with Gasteiger partial charge in [-0.1, -0.05) is 42.0 Å². The molecule has 0 bridgehead atoms. The molecule has 2 amide bonds. The van der Waals surface area contributed by atoms with Gasteiger partial charge in [-0.15, -0.1) is 11.8 Å². The summed E-state index contributed by atoms with van der Waals surface area (Å²) in [6.45, 7) is 6.04. The van der Waals surface area contributed by atoms with Crippen LogP contribution >= 0.6 is 11.8 Å². The first-order chi connectivity index (χ1) is 13.9. The molecule has 1 heterocycles. The van der Waals surface area contributed by atoms with E-state index in [4.69, 9.17) is 4.74 Å². The molecular weight excluding hydrogens is 386 g/mol. The van der Waals surface area contributed by atoms with Crippen LogP contribution in [0.25, 0.3) is 5.57 Å². The molecule has 0 saturated heterocycles. The number of thioether (sulfide) groups is 1. The van der Waals surface area contributed by atoms with Gasteiger partial charge >= 0.3 is 0 Å². The van der Waals surface area contributed by atoms with Crippen molar-refractivity contribution in [1.29, 1.82) is 0 Å². The van der Waals surface area contributed by atoms with Gasteiger partial charge in [0, 0.05) is 5.75 Å². The van der Waals surface area contributed by atoms with Crippen LogP contribution in [0.4, 0.5) is 0 Å². The van der Waals surface area contributed by atoms with E-state index in [1.54, 1.807) is 24.3 Å². The lowest BCUT2D eigenvalue weighted by atomic mass is 10.1. The smallest absolute Gasteiger partial charge is 0.268 e. The number of hydrogen-bond acceptors (Lipinski definition) is 5. The van der Waals surface area contributed by atoms with Gasteiger partial charge in [0.15, 0.2) is 0 Å². The second-order valence-electron chi connectivity index (χ2n) is 7.15. The minimum atomic E-state index is -0.313. The molecule has 6 heteroatoms. The van der Waals surface area contributed by atoms with E-state index in [1.165, 1.54) is 16.7 Å². The van der Waals surface area contributed by atoms with Crippen LogP contribution < -0.4 is 4.74 Å². The zero-order valence-corrected chi connectivity index (χ0v) is 17.7. The minimum absolute atomic E-state index is 0.0513. The lowest BCUT2D eigenvalue weighted by Crippen LogP contribution is -2.31. The summed E-state index contributed by atoms with van der Waals surface area (Å²) in [4.78, 5) is 27.8. The summed E-state index contributed by atoms with van der Waals surface area (Å²) in [5.74, 6) is 0.437. The average Bonchev–Trinajstić information content (AvgIpc) is 2.92. The van der Waals surface area contributed by atoms with Gasteiger partial charge in [0.2, 0.25) is 0 Å². The highest BCUT2D eigenvalue weighted by atomic mass is 32.2. The van der Waals surface area contributed by atoms with Crippen LogP contribution in [-0.2, 0) is 16.1 Å². The molecule has 0 unspecified atom stereocenters. The lowest BCUT2D eigenvalue weighted by molar-refractivity contribution is -0.137. The highest BCUT2D eigenvalue weighted by Gasteiger charge is 2.39. The van der Waals surface area contributed by atoms with Crippen LogP contribution in [0.2, 0.25) is 0 Å². The van der Waals surface area contributed by atoms with Gasteiger partial charge in [0.1, 0.15) is 5.75 Å². The van der Waals surface area contributed by atoms with Crippen LogP contribution in [0.1, 0.15) is 30.5 Å². The lowest BCUT2D eigenvalue weighted by Gasteiger charge is -2.15. The number of carbonyl (C=O) groups excluding carboxylic acids is 2. The number of aryl methyl sites for hydroxylation is 1. The maximum absolute atomic E-state index is 13.2. The third-order valence-corrected chi connectivity index (χ3v) is 5.49. The summed E-state index contributed by atoms with van der Waals surface area (Å²) in [7, 11) is 0. The molecule has 0 saturated carbocycles. The molecule has 0 radical (unpaired) electrons. The Labute approximate surface area is 175 Å². The van der Waals surface area contributed by atoms with Crippen molar-refractivity contribution in [3.8, 4) is 5.75 Å². The van der Waals surface area contributed by atoms with E-state index >= 15 is 0 Å². The molecule has 29 heavy (non-hydrogen) atoms. The highest BCUT2D eigenvalue weighted by molar-refractivity contribution is 8.04. The van der Waals surface area contributed by atoms with E-state index in [2.05, 4.69) is 0 Å². The number of rotatable bonds is 8. The third-order valence-electron chi connectivity index (χ3n) is 4.44. The first kappa shape index (κ1) is 21.1. The average molecular weight is 412 g/mol. The molecule has 0 spiro atoms. The number of carbonyl (C=O) groups is 2. The second-order valence-corrected chi connectivity index (χ2v) is 8.25. The van der Waals surface area contributed by atoms with Crippen LogP contribution in [-0.4, -0.2) is 40.3 Å². The Morgan fingerprint density at radius 3 is 2.24 bits per heavy atom. The zero-order chi connectivity index (χ0) is 21.0. The number of hydrogen-bond donors (Lipinski definition) is 1. The maximum atomic E-state index is 13.2. The molecule has 2 aromatic carbocycles. The van der Waals surface area contributed by atoms with Crippen LogP contribution in [0.15, 0.2) is 53.4 Å². The first-order valence-electron chi connectivity index (χ1n) is 9.57. The van der Waals surface area contributed by atoms with Crippen molar-refractivity contribution in [2.45, 2.75) is 33.4 Å². The molecular formula is C23H25NO4S.